The van der Waals surface area contributed by atoms with Crippen LogP contribution in [0.3, 0.4) is 0 Å². The molecule has 8 heteroatoms. The van der Waals surface area contributed by atoms with E-state index in [-0.39, 0.29) is 18.0 Å². The molecular formula is C18H21ClN4O2S. The minimum absolute atomic E-state index is 0.217. The molecule has 2 aromatic rings. The Balaban J connectivity index is 1.58. The van der Waals surface area contributed by atoms with E-state index in [0.717, 1.165) is 42.6 Å². The average molecular weight is 393 g/mol. The molecule has 0 atom stereocenters. The lowest BCUT2D eigenvalue weighted by Crippen LogP contribution is -2.38. The summed E-state index contributed by atoms with van der Waals surface area (Å²) in [5, 5.41) is 9.33. The zero-order valence-electron chi connectivity index (χ0n) is 14.5. The number of urea groups is 1. The lowest BCUT2D eigenvalue weighted by Gasteiger charge is -2.22. The zero-order valence-corrected chi connectivity index (χ0v) is 16.0. The fourth-order valence-corrected chi connectivity index (χ4v) is 3.94. The molecule has 138 valence electrons. The van der Waals surface area contributed by atoms with E-state index in [1.54, 1.807) is 6.07 Å². The van der Waals surface area contributed by atoms with Crippen LogP contribution < -0.4 is 16.0 Å². The second-order valence-electron chi connectivity index (χ2n) is 6.35. The predicted molar refractivity (Wildman–Crippen MR) is 105 cm³/mol. The van der Waals surface area contributed by atoms with Crippen LogP contribution >= 0.6 is 22.9 Å². The van der Waals surface area contributed by atoms with Crippen molar-refractivity contribution >= 4 is 45.7 Å². The first-order valence-corrected chi connectivity index (χ1v) is 9.82. The number of thiazole rings is 1. The molecule has 6 nitrogen and oxygen atoms in total. The van der Waals surface area contributed by atoms with Crippen molar-refractivity contribution in [2.75, 3.05) is 10.6 Å². The van der Waals surface area contributed by atoms with Crippen molar-refractivity contribution in [2.45, 2.75) is 45.1 Å². The molecule has 1 aliphatic rings. The van der Waals surface area contributed by atoms with Gasteiger partial charge in [0.1, 0.15) is 4.88 Å². The molecule has 0 radical (unpaired) electrons. The van der Waals surface area contributed by atoms with Gasteiger partial charge >= 0.3 is 6.03 Å². The summed E-state index contributed by atoms with van der Waals surface area (Å²) < 4.78 is 0. The molecule has 3 rings (SSSR count). The molecule has 0 aliphatic heterocycles. The molecule has 3 amide bonds. The van der Waals surface area contributed by atoms with Crippen LogP contribution in [-0.2, 0) is 0 Å². The molecule has 0 saturated heterocycles. The number of carbonyl (C=O) groups is 2. The summed E-state index contributed by atoms with van der Waals surface area (Å²) in [6.07, 6.45) is 6.99. The van der Waals surface area contributed by atoms with Crippen molar-refractivity contribution in [1.82, 2.24) is 10.3 Å². The number of nitrogens with zero attached hydrogens (tertiary/aromatic N) is 1. The van der Waals surface area contributed by atoms with Gasteiger partial charge in [-0.15, -0.1) is 0 Å². The lowest BCUT2D eigenvalue weighted by molar-refractivity contribution is 0.103. The Morgan fingerprint density at radius 1 is 1.19 bits per heavy atom. The summed E-state index contributed by atoms with van der Waals surface area (Å²) in [5.41, 5.74) is 1.46. The lowest BCUT2D eigenvalue weighted by atomic mass is 9.96. The van der Waals surface area contributed by atoms with Crippen LogP contribution in [0.5, 0.6) is 0 Å². The number of benzene rings is 1. The molecule has 0 bridgehead atoms. The van der Waals surface area contributed by atoms with Crippen molar-refractivity contribution in [3.05, 3.63) is 39.9 Å². The van der Waals surface area contributed by atoms with E-state index in [1.165, 1.54) is 12.6 Å². The van der Waals surface area contributed by atoms with Crippen LogP contribution in [0.15, 0.2) is 24.4 Å². The Kier molecular flexibility index (Phi) is 6.11. The fourth-order valence-electron chi connectivity index (χ4n) is 2.97. The number of rotatable bonds is 4. The summed E-state index contributed by atoms with van der Waals surface area (Å²) in [6, 6.07) is 5.36. The fraction of sp³-hybridized carbons (Fsp3) is 0.389. The third-order valence-electron chi connectivity index (χ3n) is 4.35. The Morgan fingerprint density at radius 2 is 1.96 bits per heavy atom. The number of para-hydroxylation sites is 1. The topological polar surface area (TPSA) is 83.1 Å². The predicted octanol–water partition coefficient (Wildman–Crippen LogP) is 4.81. The van der Waals surface area contributed by atoms with Gasteiger partial charge in [0.2, 0.25) is 0 Å². The minimum Gasteiger partial charge on any atom is -0.335 e. The molecule has 1 heterocycles. The van der Waals surface area contributed by atoms with E-state index in [4.69, 9.17) is 11.6 Å². The van der Waals surface area contributed by atoms with Gasteiger partial charge in [-0.1, -0.05) is 54.3 Å². The number of amides is 3. The number of halogens is 1. The highest BCUT2D eigenvalue weighted by atomic mass is 35.5. The normalized spacial score (nSPS) is 14.7. The SMILES string of the molecule is Cc1cccc(Cl)c1NC(=O)c1cnc(NC(=O)NC2CCCCC2)s1. The summed E-state index contributed by atoms with van der Waals surface area (Å²) in [7, 11) is 0. The van der Waals surface area contributed by atoms with E-state index in [2.05, 4.69) is 20.9 Å². The Morgan fingerprint density at radius 3 is 2.69 bits per heavy atom. The maximum Gasteiger partial charge on any atom is 0.321 e. The molecule has 3 N–H and O–H groups in total. The number of hydrogen-bond acceptors (Lipinski definition) is 4. The van der Waals surface area contributed by atoms with Gasteiger partial charge in [-0.25, -0.2) is 9.78 Å². The van der Waals surface area contributed by atoms with Gasteiger partial charge in [0, 0.05) is 6.04 Å². The van der Waals surface area contributed by atoms with Gasteiger partial charge in [0.25, 0.3) is 5.91 Å². The van der Waals surface area contributed by atoms with E-state index < -0.39 is 0 Å². The number of nitrogens with one attached hydrogen (secondary N) is 3. The maximum atomic E-state index is 12.4. The van der Waals surface area contributed by atoms with Gasteiger partial charge in [-0.3, -0.25) is 10.1 Å². The number of carbonyl (C=O) groups excluding carboxylic acids is 2. The highest BCUT2D eigenvalue weighted by Crippen LogP contribution is 2.27. The summed E-state index contributed by atoms with van der Waals surface area (Å²) in [5.74, 6) is -0.306. The third-order valence-corrected chi connectivity index (χ3v) is 5.58. The molecule has 0 spiro atoms. The first kappa shape index (κ1) is 18.7. The van der Waals surface area contributed by atoms with Crippen molar-refractivity contribution in [1.29, 1.82) is 0 Å². The molecule has 1 saturated carbocycles. The van der Waals surface area contributed by atoms with Gasteiger partial charge in [0.15, 0.2) is 5.13 Å². The highest BCUT2D eigenvalue weighted by molar-refractivity contribution is 7.17. The highest BCUT2D eigenvalue weighted by Gasteiger charge is 2.18. The zero-order chi connectivity index (χ0) is 18.5. The van der Waals surface area contributed by atoms with Crippen LogP contribution in [0, 0.1) is 6.92 Å². The van der Waals surface area contributed by atoms with Crippen LogP contribution in [0.1, 0.15) is 47.3 Å². The quantitative estimate of drug-likeness (QED) is 0.698. The molecule has 1 aliphatic carbocycles. The summed E-state index contributed by atoms with van der Waals surface area (Å²) in [6.45, 7) is 1.87. The summed E-state index contributed by atoms with van der Waals surface area (Å²) in [4.78, 5) is 29.0. The number of anilines is 2. The first-order valence-electron chi connectivity index (χ1n) is 8.63. The van der Waals surface area contributed by atoms with E-state index in [0.29, 0.717) is 20.7 Å². The van der Waals surface area contributed by atoms with Gasteiger partial charge < -0.3 is 10.6 Å². The third kappa shape index (κ3) is 4.74. The average Bonchev–Trinajstić information content (AvgIpc) is 3.07. The second kappa shape index (κ2) is 8.51. The molecule has 1 fully saturated rings. The number of aryl methyl sites for hydroxylation is 1. The van der Waals surface area contributed by atoms with E-state index in [1.807, 2.05) is 19.1 Å². The molecule has 1 aromatic heterocycles. The van der Waals surface area contributed by atoms with Crippen LogP contribution in [0.4, 0.5) is 15.6 Å². The van der Waals surface area contributed by atoms with Gasteiger partial charge in [-0.05, 0) is 31.4 Å². The Hall–Kier alpha value is -2.12. The minimum atomic E-state index is -0.306. The monoisotopic (exact) mass is 392 g/mol. The van der Waals surface area contributed by atoms with Crippen LogP contribution in [0.25, 0.3) is 0 Å². The van der Waals surface area contributed by atoms with Crippen molar-refractivity contribution in [2.24, 2.45) is 0 Å². The van der Waals surface area contributed by atoms with E-state index >= 15 is 0 Å². The first-order chi connectivity index (χ1) is 12.5. The number of hydrogen-bond donors (Lipinski definition) is 3. The van der Waals surface area contributed by atoms with Crippen LogP contribution in [0.2, 0.25) is 5.02 Å². The largest absolute Gasteiger partial charge is 0.335 e. The van der Waals surface area contributed by atoms with Crippen molar-refractivity contribution in [3.8, 4) is 0 Å². The number of aromatic nitrogens is 1. The van der Waals surface area contributed by atoms with Crippen molar-refractivity contribution in [3.63, 3.8) is 0 Å². The van der Waals surface area contributed by atoms with E-state index in [9.17, 15) is 9.59 Å². The Bertz CT molecular complexity index is 782. The molecule has 0 unspecified atom stereocenters. The summed E-state index contributed by atoms with van der Waals surface area (Å²) >= 11 is 7.26. The maximum absolute atomic E-state index is 12.4. The molecular weight excluding hydrogens is 372 g/mol. The van der Waals surface area contributed by atoms with Crippen molar-refractivity contribution < 1.29 is 9.59 Å². The van der Waals surface area contributed by atoms with Crippen LogP contribution in [-0.4, -0.2) is 23.0 Å². The van der Waals surface area contributed by atoms with Gasteiger partial charge in [0.05, 0.1) is 16.9 Å². The molecule has 1 aromatic carbocycles. The second-order valence-corrected chi connectivity index (χ2v) is 7.79. The standard InChI is InChI=1S/C18H21ClN4O2S/c1-11-6-5-9-13(19)15(11)22-16(24)14-10-20-18(26-14)23-17(25)21-12-7-3-2-4-8-12/h5-6,9-10,12H,2-4,7-8H2,1H3,(H,22,24)(H2,20,21,23,25). The molecule has 26 heavy (non-hydrogen) atoms. The van der Waals surface area contributed by atoms with Gasteiger partial charge in [-0.2, -0.15) is 0 Å². The smallest absolute Gasteiger partial charge is 0.321 e. The Labute approximate surface area is 161 Å².